The highest BCUT2D eigenvalue weighted by atomic mass is 79.9. The van der Waals surface area contributed by atoms with Gasteiger partial charge in [-0.25, -0.2) is 4.98 Å². The maximum atomic E-state index is 13.7. The monoisotopic (exact) mass is 529 g/mol. The lowest BCUT2D eigenvalue weighted by Crippen LogP contribution is -2.45. The zero-order chi connectivity index (χ0) is 22.4. The normalized spacial score (nSPS) is 21.3. The second kappa shape index (κ2) is 8.61. The Balaban J connectivity index is 1.36. The first kappa shape index (κ1) is 21.6. The second-order valence-electron chi connectivity index (χ2n) is 8.31. The van der Waals surface area contributed by atoms with Crippen molar-refractivity contribution < 1.29 is 9.59 Å². The van der Waals surface area contributed by atoms with E-state index in [1.807, 2.05) is 48.2 Å². The number of carbonyl (C=O) groups is 2. The molecule has 0 radical (unpaired) electrons. The maximum absolute atomic E-state index is 13.7. The predicted octanol–water partition coefficient (Wildman–Crippen LogP) is 5.57. The van der Waals surface area contributed by atoms with Crippen LogP contribution in [0.1, 0.15) is 38.7 Å². The highest BCUT2D eigenvalue weighted by molar-refractivity contribution is 9.10. The first-order valence-electron chi connectivity index (χ1n) is 10.5. The van der Waals surface area contributed by atoms with Crippen LogP contribution in [0.25, 0.3) is 10.4 Å². The van der Waals surface area contributed by atoms with Gasteiger partial charge in [-0.1, -0.05) is 45.7 Å². The molecule has 164 valence electrons. The molecule has 8 heteroatoms. The zero-order valence-electron chi connectivity index (χ0n) is 17.3. The quantitative estimate of drug-likeness (QED) is 0.469. The topological polar surface area (TPSA) is 62.3 Å². The van der Waals surface area contributed by atoms with E-state index in [0.717, 1.165) is 32.8 Å². The molecule has 1 aliphatic carbocycles. The minimum atomic E-state index is -0.136. The van der Waals surface area contributed by atoms with Crippen molar-refractivity contribution in [3.8, 4) is 10.4 Å². The van der Waals surface area contributed by atoms with Gasteiger partial charge in [0, 0.05) is 27.6 Å². The number of piperidine rings is 1. The van der Waals surface area contributed by atoms with Gasteiger partial charge in [-0.05, 0) is 61.6 Å². The van der Waals surface area contributed by atoms with E-state index in [-0.39, 0.29) is 23.9 Å². The molecule has 2 aliphatic rings. The molecule has 32 heavy (non-hydrogen) atoms. The summed E-state index contributed by atoms with van der Waals surface area (Å²) in [7, 11) is 0. The lowest BCUT2D eigenvalue weighted by molar-refractivity contribution is 0.0684. The fourth-order valence-electron chi connectivity index (χ4n) is 4.52. The van der Waals surface area contributed by atoms with Crippen LogP contribution in [0, 0.1) is 12.8 Å². The molecular weight excluding hydrogens is 510 g/mol. The smallest absolute Gasteiger partial charge is 0.274 e. The van der Waals surface area contributed by atoms with Crippen LogP contribution in [0.3, 0.4) is 0 Å². The van der Waals surface area contributed by atoms with E-state index >= 15 is 0 Å². The third kappa shape index (κ3) is 4.21. The van der Waals surface area contributed by atoms with Crippen LogP contribution in [0.4, 0.5) is 0 Å². The van der Waals surface area contributed by atoms with Crippen LogP contribution in [0.5, 0.6) is 0 Å². The standard InChI is InChI=1S/C24H21BrClN3O2S/c1-13-28-21(22(32-13)14-4-3-7-18(26)9-14)24(31)29-19(10-16-11-20(16)29)12-27-23(30)15-5-2-6-17(25)8-15/h2-9,16,19-20H,10-12H2,1H3,(H,27,30)/t16-,19+,20+/m1/s1. The third-order valence-electron chi connectivity index (χ3n) is 6.05. The fourth-order valence-corrected chi connectivity index (χ4v) is 6.02. The molecule has 1 saturated carbocycles. The molecule has 2 aromatic carbocycles. The third-order valence-corrected chi connectivity index (χ3v) is 7.80. The van der Waals surface area contributed by atoms with E-state index in [2.05, 4.69) is 26.2 Å². The highest BCUT2D eigenvalue weighted by Crippen LogP contribution is 2.48. The number of benzene rings is 2. The minimum absolute atomic E-state index is 0.0310. The van der Waals surface area contributed by atoms with Crippen molar-refractivity contribution in [1.82, 2.24) is 15.2 Å². The number of thiazole rings is 1. The van der Waals surface area contributed by atoms with E-state index in [0.29, 0.717) is 28.7 Å². The lowest BCUT2D eigenvalue weighted by Gasteiger charge is -2.27. The zero-order valence-corrected chi connectivity index (χ0v) is 20.5. The second-order valence-corrected chi connectivity index (χ2v) is 10.9. The molecule has 3 aromatic rings. The van der Waals surface area contributed by atoms with Crippen LogP contribution >= 0.6 is 38.9 Å². The van der Waals surface area contributed by atoms with Gasteiger partial charge in [-0.2, -0.15) is 0 Å². The van der Waals surface area contributed by atoms with Crippen molar-refractivity contribution in [2.45, 2.75) is 31.8 Å². The largest absolute Gasteiger partial charge is 0.350 e. The Morgan fingerprint density at radius 1 is 1.22 bits per heavy atom. The van der Waals surface area contributed by atoms with E-state index in [4.69, 9.17) is 11.6 Å². The van der Waals surface area contributed by atoms with Gasteiger partial charge in [0.25, 0.3) is 11.8 Å². The van der Waals surface area contributed by atoms with Gasteiger partial charge in [0.05, 0.1) is 15.9 Å². The van der Waals surface area contributed by atoms with Gasteiger partial charge in [-0.15, -0.1) is 11.3 Å². The minimum Gasteiger partial charge on any atom is -0.350 e. The number of likely N-dealkylation sites (tertiary alicyclic amines) is 1. The number of rotatable bonds is 5. The Morgan fingerprint density at radius 2 is 2.03 bits per heavy atom. The average Bonchev–Trinajstić information content (AvgIpc) is 3.26. The summed E-state index contributed by atoms with van der Waals surface area (Å²) in [6.45, 7) is 2.34. The van der Waals surface area contributed by atoms with E-state index in [1.165, 1.54) is 11.3 Å². The number of aromatic nitrogens is 1. The molecule has 2 heterocycles. The SMILES string of the molecule is Cc1nc(C(=O)N2[C@H](CNC(=O)c3cccc(Br)c3)C[C@@H]3C[C@@H]32)c(-c2cccc(Cl)c2)s1. The van der Waals surface area contributed by atoms with Gasteiger partial charge in [-0.3, -0.25) is 9.59 Å². The molecule has 0 unspecified atom stereocenters. The average molecular weight is 531 g/mol. The summed E-state index contributed by atoms with van der Waals surface area (Å²) < 4.78 is 0.858. The van der Waals surface area contributed by atoms with Crippen LogP contribution < -0.4 is 5.32 Å². The summed E-state index contributed by atoms with van der Waals surface area (Å²) in [5.74, 6) is 0.320. The summed E-state index contributed by atoms with van der Waals surface area (Å²) in [5, 5.41) is 4.49. The number of hydrogen-bond acceptors (Lipinski definition) is 4. The van der Waals surface area contributed by atoms with Gasteiger partial charge < -0.3 is 10.2 Å². The Bertz CT molecular complexity index is 1210. The van der Waals surface area contributed by atoms with Crippen molar-refractivity contribution in [1.29, 1.82) is 0 Å². The summed E-state index contributed by atoms with van der Waals surface area (Å²) in [6, 6.07) is 15.0. The van der Waals surface area contributed by atoms with Gasteiger partial charge in [0.2, 0.25) is 0 Å². The molecule has 2 amide bonds. The number of halogens is 2. The first-order chi connectivity index (χ1) is 15.4. The molecule has 1 saturated heterocycles. The van der Waals surface area contributed by atoms with Crippen LogP contribution in [0.15, 0.2) is 53.0 Å². The Morgan fingerprint density at radius 3 is 2.81 bits per heavy atom. The summed E-state index contributed by atoms with van der Waals surface area (Å²) in [4.78, 5) is 33.7. The molecule has 0 spiro atoms. The van der Waals surface area contributed by atoms with E-state index in [1.54, 1.807) is 12.1 Å². The van der Waals surface area contributed by atoms with E-state index < -0.39 is 0 Å². The van der Waals surface area contributed by atoms with Gasteiger partial charge in [0.1, 0.15) is 5.69 Å². The molecule has 3 atom stereocenters. The molecule has 1 N–H and O–H groups in total. The van der Waals surface area contributed by atoms with E-state index in [9.17, 15) is 9.59 Å². The summed E-state index contributed by atoms with van der Waals surface area (Å²) in [6.07, 6.45) is 1.93. The number of hydrogen-bond donors (Lipinski definition) is 1. The summed E-state index contributed by atoms with van der Waals surface area (Å²) in [5.41, 5.74) is 1.97. The van der Waals surface area contributed by atoms with Gasteiger partial charge in [0.15, 0.2) is 0 Å². The van der Waals surface area contributed by atoms with Crippen molar-refractivity contribution in [3.05, 3.63) is 74.3 Å². The Hall–Kier alpha value is -2.22. The maximum Gasteiger partial charge on any atom is 0.274 e. The van der Waals surface area contributed by atoms with Crippen LogP contribution in [-0.4, -0.2) is 40.3 Å². The number of aryl methyl sites for hydroxylation is 1. The molecule has 2 fully saturated rings. The van der Waals surface area contributed by atoms with Crippen molar-refractivity contribution in [2.75, 3.05) is 6.54 Å². The fraction of sp³-hybridized carbons (Fsp3) is 0.292. The number of nitrogens with one attached hydrogen (secondary N) is 1. The molecular formula is C24H21BrClN3O2S. The van der Waals surface area contributed by atoms with Crippen molar-refractivity contribution in [2.24, 2.45) is 5.92 Å². The Kier molecular flexibility index (Phi) is 5.82. The highest BCUT2D eigenvalue weighted by Gasteiger charge is 2.54. The van der Waals surface area contributed by atoms with Crippen molar-refractivity contribution >= 4 is 50.7 Å². The molecule has 5 nitrogen and oxygen atoms in total. The Labute approximate surface area is 203 Å². The molecule has 5 rings (SSSR count). The number of nitrogens with zero attached hydrogens (tertiary/aromatic N) is 2. The summed E-state index contributed by atoms with van der Waals surface area (Å²) >= 11 is 11.1. The van der Waals surface area contributed by atoms with Crippen LogP contribution in [-0.2, 0) is 0 Å². The molecule has 1 aromatic heterocycles. The first-order valence-corrected chi connectivity index (χ1v) is 12.5. The molecule has 1 aliphatic heterocycles. The number of carbonyl (C=O) groups excluding carboxylic acids is 2. The van der Waals surface area contributed by atoms with Crippen molar-refractivity contribution in [3.63, 3.8) is 0 Å². The lowest BCUT2D eigenvalue weighted by atomic mass is 10.1. The number of fused-ring (bicyclic) bond motifs is 1. The predicted molar refractivity (Wildman–Crippen MR) is 130 cm³/mol. The van der Waals surface area contributed by atoms with Crippen LogP contribution in [0.2, 0.25) is 5.02 Å². The number of amides is 2. The van der Waals surface area contributed by atoms with Gasteiger partial charge >= 0.3 is 0 Å². The molecule has 0 bridgehead atoms.